The van der Waals surface area contributed by atoms with Crippen LogP contribution in [0.15, 0.2) is 24.3 Å². The molecule has 1 aromatic carbocycles. The van der Waals surface area contributed by atoms with Crippen molar-refractivity contribution in [2.24, 2.45) is 0 Å². The predicted octanol–water partition coefficient (Wildman–Crippen LogP) is 1.92. The topological polar surface area (TPSA) is 57.4 Å². The van der Waals surface area contributed by atoms with Crippen LogP contribution in [0.3, 0.4) is 0 Å². The normalized spacial score (nSPS) is 37.6. The number of aromatic amines is 1. The summed E-state index contributed by atoms with van der Waals surface area (Å²) in [7, 11) is 0. The first-order valence-electron chi connectivity index (χ1n) is 13.8. The molecule has 0 spiro atoms. The third-order valence-electron chi connectivity index (χ3n) is 2.69. The van der Waals surface area contributed by atoms with Gasteiger partial charge in [-0.05, 0) is 50.0 Å². The number of ether oxygens (including phenoxy) is 1. The summed E-state index contributed by atoms with van der Waals surface area (Å²) in [5.74, 6) is 0. The molecule has 0 radical (unpaired) electrons. The minimum atomic E-state index is -3.25. The van der Waals surface area contributed by atoms with E-state index in [2.05, 4.69) is 4.74 Å². The third kappa shape index (κ3) is 3.19. The van der Waals surface area contributed by atoms with E-state index >= 15 is 0 Å². The van der Waals surface area contributed by atoms with Crippen LogP contribution < -0.4 is 5.31 Å². The van der Waals surface area contributed by atoms with Crippen molar-refractivity contribution in [3.05, 3.63) is 35.5 Å². The second-order valence-corrected chi connectivity index (χ2v) is 4.22. The summed E-state index contributed by atoms with van der Waals surface area (Å²) in [5.41, 5.74) is -1.55. The minimum absolute atomic E-state index is 0.0507. The quantitative estimate of drug-likeness (QED) is 0.887. The third-order valence-corrected chi connectivity index (χ3v) is 2.69. The summed E-state index contributed by atoms with van der Waals surface area (Å²) in [6.07, 6.45) is -4.54. The van der Waals surface area contributed by atoms with E-state index in [1.807, 2.05) is 0 Å². The van der Waals surface area contributed by atoms with Crippen LogP contribution in [-0.4, -0.2) is 49.0 Å². The van der Waals surface area contributed by atoms with Crippen LogP contribution in [0.5, 0.6) is 0 Å². The van der Waals surface area contributed by atoms with Crippen molar-refractivity contribution in [2.75, 3.05) is 27.1 Å². The lowest BCUT2D eigenvalue weighted by molar-refractivity contribution is 0.177. The number of fused-ring (bicyclic) bond motifs is 1. The summed E-state index contributed by atoms with van der Waals surface area (Å²) in [5, 5.41) is -0.599. The minimum Gasteiger partial charge on any atom is -0.447 e. The van der Waals surface area contributed by atoms with Crippen molar-refractivity contribution in [2.45, 2.75) is 18.8 Å². The monoisotopic (exact) mass is 303 g/mol. The predicted molar refractivity (Wildman–Crippen MR) is 82.5 cm³/mol. The molecule has 1 fully saturated rings. The second kappa shape index (κ2) is 5.77. The molecule has 5 nitrogen and oxygen atoms in total. The Morgan fingerprint density at radius 2 is 2.62 bits per heavy atom. The molecule has 5 heteroatoms. The number of nitrogens with one attached hydrogen (secondary N) is 2. The van der Waals surface area contributed by atoms with Gasteiger partial charge in [0.2, 0.25) is 0 Å². The Hall–Kier alpha value is -2.01. The molecule has 0 saturated carbocycles. The first kappa shape index (κ1) is 4.49. The molecule has 1 aliphatic rings. The number of carbonyl (C=O) groups is 1. The Morgan fingerprint density at radius 3 is 3.38 bits per heavy atom. The number of benzene rings is 1. The van der Waals surface area contributed by atoms with E-state index < -0.39 is 92.1 Å². The van der Waals surface area contributed by atoms with Gasteiger partial charge in [0.25, 0.3) is 0 Å². The molecule has 2 aromatic rings. The first-order valence-corrected chi connectivity index (χ1v) is 5.90. The average molecular weight is 303 g/mol. The number of cyclic esters (lactones) is 1. The SMILES string of the molecule is [2H]c1c(C[C@]2([2H])N([2H])C(=O)OC2([2H])[2H])c([2H])c2c(C([2H])([2H])CN(C([2H])([2H])[2H])C([2H])([2H])[2H])cn([2H])c2c1[2H]. The summed E-state index contributed by atoms with van der Waals surface area (Å²) in [6.45, 7) is -10.8. The van der Waals surface area contributed by atoms with Gasteiger partial charge in [-0.2, -0.15) is 0 Å². The fraction of sp³-hybridized carbons (Fsp3) is 0.438. The maximum Gasteiger partial charge on any atom is 0.407 e. The van der Waals surface area contributed by atoms with Crippen molar-refractivity contribution in [3.63, 3.8) is 0 Å². The maximum absolute atomic E-state index is 11.7. The molecule has 3 rings (SSSR count). The van der Waals surface area contributed by atoms with Crippen LogP contribution >= 0.6 is 0 Å². The van der Waals surface area contributed by atoms with E-state index in [0.29, 0.717) is 4.98 Å². The van der Waals surface area contributed by atoms with E-state index in [1.54, 1.807) is 0 Å². The second-order valence-electron chi connectivity index (χ2n) is 4.22. The van der Waals surface area contributed by atoms with Gasteiger partial charge >= 0.3 is 6.09 Å². The Balaban J connectivity index is 2.25. The molecule has 0 aliphatic carbocycles. The number of H-pyrrole nitrogens is 1. The van der Waals surface area contributed by atoms with Gasteiger partial charge < -0.3 is 19.9 Å². The molecule has 2 heterocycles. The van der Waals surface area contributed by atoms with Gasteiger partial charge in [-0.1, -0.05) is 6.04 Å². The van der Waals surface area contributed by atoms with Crippen LogP contribution in [0.2, 0.25) is 2.82 Å². The Kier molecular flexibility index (Phi) is 1.23. The molecule has 0 unspecified atom stereocenters. The van der Waals surface area contributed by atoms with E-state index in [4.69, 9.17) is 22.0 Å². The van der Waals surface area contributed by atoms with Crippen LogP contribution in [0.25, 0.3) is 10.9 Å². The zero-order valence-electron chi connectivity index (χ0n) is 26.6. The highest BCUT2D eigenvalue weighted by Crippen LogP contribution is 2.21. The lowest BCUT2D eigenvalue weighted by atomic mass is 10.0. The lowest BCUT2D eigenvalue weighted by Crippen LogP contribution is -2.28. The molecule has 1 atom stereocenters. The molecular weight excluding hydrogens is 266 g/mol. The van der Waals surface area contributed by atoms with Gasteiger partial charge in [0, 0.05) is 34.6 Å². The average Bonchev–Trinajstić information content (AvgIpc) is 3.15. The fourth-order valence-corrected chi connectivity index (χ4v) is 1.81. The summed E-state index contributed by atoms with van der Waals surface area (Å²) in [4.78, 5) is 12.2. The zero-order valence-corrected chi connectivity index (χ0v) is 10.6. The molecule has 21 heavy (non-hydrogen) atoms. The smallest absolute Gasteiger partial charge is 0.407 e. The van der Waals surface area contributed by atoms with Crippen molar-refractivity contribution >= 4 is 17.0 Å². The number of amides is 1. The fourth-order valence-electron chi connectivity index (χ4n) is 1.81. The van der Waals surface area contributed by atoms with E-state index in [0.717, 1.165) is 6.20 Å². The van der Waals surface area contributed by atoms with E-state index in [1.165, 1.54) is 0 Å². The number of alkyl carbamates (subject to hydrolysis) is 1. The maximum atomic E-state index is 11.7. The summed E-state index contributed by atoms with van der Waals surface area (Å²) < 4.78 is 131. The number of likely N-dealkylation sites (N-methyl/N-ethyl adjacent to an activating group) is 1. The lowest BCUT2D eigenvalue weighted by Gasteiger charge is -2.09. The van der Waals surface area contributed by atoms with Crippen molar-refractivity contribution < 1.29 is 31.5 Å². The van der Waals surface area contributed by atoms with Crippen molar-refractivity contribution in [3.8, 4) is 0 Å². The largest absolute Gasteiger partial charge is 0.447 e. The number of rotatable bonds is 5. The van der Waals surface area contributed by atoms with Gasteiger partial charge in [-0.15, -0.1) is 0 Å². The molecular formula is C16H21N3O2. The molecule has 1 saturated heterocycles. The molecule has 112 valence electrons. The standard InChI is InChI=1S/C16H21N3O2/c1-19(2)6-5-12-9-17-15-4-3-11(8-14(12)15)7-13-10-21-16(20)18-13/h3-4,8-9,13,17H,5-7,10H2,1-2H3,(H,18,20)/t13-/m0/s1/i1D3,2D3,3D,4D,5D2,8D,10D2,13D/hD2. The molecule has 1 amide bonds. The molecule has 2 N–H and O–H groups in total. The van der Waals surface area contributed by atoms with Gasteiger partial charge in [-0.3, -0.25) is 0 Å². The Bertz CT molecular complexity index is 1240. The molecule has 1 aromatic heterocycles. The Morgan fingerprint density at radius 1 is 1.71 bits per heavy atom. The highest BCUT2D eigenvalue weighted by molar-refractivity contribution is 5.84. The van der Waals surface area contributed by atoms with Gasteiger partial charge in [0.1, 0.15) is 6.56 Å². The van der Waals surface area contributed by atoms with Crippen LogP contribution in [0, 0.1) is 0 Å². The van der Waals surface area contributed by atoms with Gasteiger partial charge in [-0.25, -0.2) is 4.79 Å². The van der Waals surface area contributed by atoms with Crippen molar-refractivity contribution in [1.82, 2.24) is 15.2 Å². The first-order chi connectivity index (χ1) is 16.5. The number of carbonyl (C=O) groups excluding carboxylic acids is 1. The summed E-state index contributed by atoms with van der Waals surface area (Å²) in [6, 6.07) is -5.03. The highest BCUT2D eigenvalue weighted by atomic mass is 16.6. The highest BCUT2D eigenvalue weighted by Gasteiger charge is 2.22. The Labute approximate surface area is 146 Å². The number of nitrogens with zero attached hydrogens (tertiary/aromatic N) is 1. The molecule has 1 aliphatic heterocycles. The zero-order chi connectivity index (χ0) is 28.7. The van der Waals surface area contributed by atoms with Crippen molar-refractivity contribution in [1.29, 1.82) is 0 Å². The number of aromatic nitrogens is 1. The van der Waals surface area contributed by atoms with Gasteiger partial charge in [0.05, 0.1) is 14.2 Å². The van der Waals surface area contributed by atoms with Crippen LogP contribution in [-0.2, 0) is 17.5 Å². The van der Waals surface area contributed by atoms with Gasteiger partial charge in [0.15, 0.2) is 2.82 Å². The number of hydrogen-bond donors (Lipinski definition) is 2. The summed E-state index contributed by atoms with van der Waals surface area (Å²) >= 11 is 0. The van der Waals surface area contributed by atoms with Crippen LogP contribution in [0.1, 0.15) is 30.3 Å². The van der Waals surface area contributed by atoms with E-state index in [-0.39, 0.29) is 10.2 Å². The molecule has 0 bridgehead atoms. The van der Waals surface area contributed by atoms with E-state index in [9.17, 15) is 4.79 Å². The van der Waals surface area contributed by atoms with Crippen LogP contribution in [0.4, 0.5) is 4.79 Å². The number of hydrogen-bond acceptors (Lipinski definition) is 3.